The van der Waals surface area contributed by atoms with Crippen LogP contribution in [-0.4, -0.2) is 40.1 Å². The Morgan fingerprint density at radius 3 is 2.80 bits per heavy atom. The van der Waals surface area contributed by atoms with Gasteiger partial charge in [-0.2, -0.15) is 0 Å². The molecule has 2 fully saturated rings. The topological polar surface area (TPSA) is 78.9 Å². The van der Waals surface area contributed by atoms with E-state index in [9.17, 15) is 14.7 Å². The molecule has 2 amide bonds. The molecule has 1 aliphatic carbocycles. The lowest BCUT2D eigenvalue weighted by Crippen LogP contribution is -2.49. The maximum Gasteiger partial charge on any atom is 0.255 e. The number of piperidine rings is 1. The molecule has 2 N–H and O–H groups in total. The Morgan fingerprint density at radius 1 is 1.24 bits per heavy atom. The van der Waals surface area contributed by atoms with Crippen molar-refractivity contribution in [3.8, 4) is 5.75 Å². The van der Waals surface area contributed by atoms with Gasteiger partial charge in [-0.3, -0.25) is 9.59 Å². The zero-order valence-corrected chi connectivity index (χ0v) is 14.0. The number of rotatable bonds is 3. The molecule has 3 atom stereocenters. The van der Waals surface area contributed by atoms with E-state index in [2.05, 4.69) is 11.9 Å². The van der Waals surface area contributed by atoms with Gasteiger partial charge in [-0.1, -0.05) is 6.58 Å². The van der Waals surface area contributed by atoms with Crippen molar-refractivity contribution >= 4 is 11.8 Å². The summed E-state index contributed by atoms with van der Waals surface area (Å²) in [5, 5.41) is 12.6. The maximum absolute atomic E-state index is 12.7. The molecule has 3 aliphatic rings. The Morgan fingerprint density at radius 2 is 2.08 bits per heavy atom. The highest BCUT2D eigenvalue weighted by Gasteiger charge is 2.38. The molecule has 0 aromatic heterocycles. The van der Waals surface area contributed by atoms with Gasteiger partial charge in [0.05, 0.1) is 6.10 Å². The molecular formula is C19H22N2O4. The summed E-state index contributed by atoms with van der Waals surface area (Å²) in [5.41, 5.74) is 2.19. The van der Waals surface area contributed by atoms with Crippen LogP contribution in [0.3, 0.4) is 0 Å². The van der Waals surface area contributed by atoms with E-state index in [0.717, 1.165) is 24.8 Å². The number of aliphatic hydroxyl groups is 1. The number of carbonyl (C=O) groups is 2. The fourth-order valence-electron chi connectivity index (χ4n) is 3.92. The molecule has 0 radical (unpaired) electrons. The average molecular weight is 342 g/mol. The van der Waals surface area contributed by atoms with E-state index >= 15 is 0 Å². The van der Waals surface area contributed by atoms with Crippen molar-refractivity contribution in [3.05, 3.63) is 41.6 Å². The predicted octanol–water partition coefficient (Wildman–Crippen LogP) is 1.73. The molecule has 6 heteroatoms. The van der Waals surface area contributed by atoms with E-state index in [-0.39, 0.29) is 17.9 Å². The minimum absolute atomic E-state index is 0.116. The lowest BCUT2D eigenvalue weighted by Gasteiger charge is -2.30. The molecule has 4 rings (SSSR count). The Labute approximate surface area is 146 Å². The lowest BCUT2D eigenvalue weighted by atomic mass is 10.0. The molecule has 132 valence electrons. The van der Waals surface area contributed by atoms with E-state index in [1.54, 1.807) is 17.0 Å². The molecule has 2 heterocycles. The summed E-state index contributed by atoms with van der Waals surface area (Å²) < 4.78 is 5.89. The standard InChI is InChI=1S/C19H22N2O4/c1-11-5-8-15(18(23)20-11)21-10-12-9-13(6-7-14(12)19(21)24)25-17-4-2-3-16(17)22/h6-7,9,15-17,22H,1-5,8,10H2,(H,20,23). The van der Waals surface area contributed by atoms with Crippen molar-refractivity contribution in [2.75, 3.05) is 0 Å². The molecule has 1 aromatic rings. The number of ether oxygens (including phenoxy) is 1. The summed E-state index contributed by atoms with van der Waals surface area (Å²) in [6.07, 6.45) is 3.25. The van der Waals surface area contributed by atoms with Crippen LogP contribution >= 0.6 is 0 Å². The quantitative estimate of drug-likeness (QED) is 0.877. The van der Waals surface area contributed by atoms with E-state index in [0.29, 0.717) is 36.4 Å². The van der Waals surface area contributed by atoms with Gasteiger partial charge in [0.2, 0.25) is 5.91 Å². The summed E-state index contributed by atoms with van der Waals surface area (Å²) in [5.74, 6) is 0.388. The normalized spacial score (nSPS) is 28.9. The molecular weight excluding hydrogens is 320 g/mol. The van der Waals surface area contributed by atoms with Gasteiger partial charge in [0.1, 0.15) is 17.9 Å². The summed E-state index contributed by atoms with van der Waals surface area (Å²) in [6.45, 7) is 4.18. The molecule has 1 aromatic carbocycles. The predicted molar refractivity (Wildman–Crippen MR) is 90.9 cm³/mol. The molecule has 3 unspecified atom stereocenters. The van der Waals surface area contributed by atoms with Crippen LogP contribution in [0.25, 0.3) is 0 Å². The van der Waals surface area contributed by atoms with Crippen molar-refractivity contribution < 1.29 is 19.4 Å². The minimum atomic E-state index is -0.452. The Bertz CT molecular complexity index is 745. The van der Waals surface area contributed by atoms with E-state index in [4.69, 9.17) is 4.74 Å². The number of nitrogens with zero attached hydrogens (tertiary/aromatic N) is 1. The largest absolute Gasteiger partial charge is 0.488 e. The van der Waals surface area contributed by atoms with Crippen molar-refractivity contribution in [2.45, 2.75) is 56.9 Å². The van der Waals surface area contributed by atoms with Gasteiger partial charge in [0, 0.05) is 17.8 Å². The van der Waals surface area contributed by atoms with Gasteiger partial charge < -0.3 is 20.1 Å². The maximum atomic E-state index is 12.7. The van der Waals surface area contributed by atoms with Crippen molar-refractivity contribution in [1.82, 2.24) is 10.2 Å². The summed E-state index contributed by atoms with van der Waals surface area (Å²) >= 11 is 0. The Balaban J connectivity index is 1.51. The number of hydrogen-bond acceptors (Lipinski definition) is 4. The first-order valence-corrected chi connectivity index (χ1v) is 8.80. The molecule has 1 saturated heterocycles. The van der Waals surface area contributed by atoms with E-state index < -0.39 is 12.1 Å². The van der Waals surface area contributed by atoms with Crippen LogP contribution in [-0.2, 0) is 11.3 Å². The van der Waals surface area contributed by atoms with Crippen molar-refractivity contribution in [1.29, 1.82) is 0 Å². The van der Waals surface area contributed by atoms with Crippen LogP contribution in [0.5, 0.6) is 5.75 Å². The highest BCUT2D eigenvalue weighted by Crippen LogP contribution is 2.32. The van der Waals surface area contributed by atoms with E-state index in [1.807, 2.05) is 6.07 Å². The van der Waals surface area contributed by atoms with Crippen LogP contribution in [0.1, 0.15) is 48.0 Å². The van der Waals surface area contributed by atoms with E-state index in [1.165, 1.54) is 0 Å². The number of fused-ring (bicyclic) bond motifs is 1. The number of aliphatic hydroxyl groups excluding tert-OH is 1. The van der Waals surface area contributed by atoms with Gasteiger partial charge in [-0.05, 0) is 55.9 Å². The van der Waals surface area contributed by atoms with Crippen LogP contribution in [0.15, 0.2) is 30.5 Å². The SMILES string of the molecule is C=C1CCC(N2Cc3cc(OC4CCCC4O)ccc3C2=O)C(=O)N1. The van der Waals surface area contributed by atoms with Gasteiger partial charge in [-0.15, -0.1) is 0 Å². The third-order valence-electron chi connectivity index (χ3n) is 5.31. The van der Waals surface area contributed by atoms with Crippen LogP contribution in [0.4, 0.5) is 0 Å². The average Bonchev–Trinajstić information content (AvgIpc) is 3.12. The molecule has 0 spiro atoms. The van der Waals surface area contributed by atoms with Crippen molar-refractivity contribution in [3.63, 3.8) is 0 Å². The Kier molecular flexibility index (Phi) is 4.00. The summed E-state index contributed by atoms with van der Waals surface area (Å²) in [4.78, 5) is 26.5. The number of hydrogen-bond donors (Lipinski definition) is 2. The third-order valence-corrected chi connectivity index (χ3v) is 5.31. The highest BCUT2D eigenvalue weighted by atomic mass is 16.5. The fourth-order valence-corrected chi connectivity index (χ4v) is 3.92. The number of benzene rings is 1. The first-order chi connectivity index (χ1) is 12.0. The minimum Gasteiger partial charge on any atom is -0.488 e. The molecule has 2 aliphatic heterocycles. The molecule has 0 bridgehead atoms. The van der Waals surface area contributed by atoms with Crippen LogP contribution in [0.2, 0.25) is 0 Å². The highest BCUT2D eigenvalue weighted by molar-refractivity contribution is 6.01. The number of allylic oxidation sites excluding steroid dienone is 1. The summed E-state index contributed by atoms with van der Waals surface area (Å²) in [7, 11) is 0. The van der Waals surface area contributed by atoms with Gasteiger partial charge in [-0.25, -0.2) is 0 Å². The first kappa shape index (κ1) is 16.1. The molecule has 6 nitrogen and oxygen atoms in total. The second-order valence-electron chi connectivity index (χ2n) is 7.05. The fraction of sp³-hybridized carbons (Fsp3) is 0.474. The van der Waals surface area contributed by atoms with Crippen molar-refractivity contribution in [2.24, 2.45) is 0 Å². The number of nitrogens with one attached hydrogen (secondary N) is 1. The third kappa shape index (κ3) is 2.91. The smallest absolute Gasteiger partial charge is 0.255 e. The lowest BCUT2D eigenvalue weighted by molar-refractivity contribution is -0.126. The zero-order chi connectivity index (χ0) is 17.6. The Hall–Kier alpha value is -2.34. The zero-order valence-electron chi connectivity index (χ0n) is 14.0. The van der Waals surface area contributed by atoms with Gasteiger partial charge >= 0.3 is 0 Å². The number of amides is 2. The van der Waals surface area contributed by atoms with Crippen LogP contribution in [0, 0.1) is 0 Å². The summed E-state index contributed by atoms with van der Waals surface area (Å²) in [6, 6.07) is 4.94. The first-order valence-electron chi connectivity index (χ1n) is 8.80. The van der Waals surface area contributed by atoms with Crippen LogP contribution < -0.4 is 10.1 Å². The molecule has 25 heavy (non-hydrogen) atoms. The second kappa shape index (κ2) is 6.19. The second-order valence-corrected chi connectivity index (χ2v) is 7.05. The molecule has 1 saturated carbocycles. The number of carbonyl (C=O) groups excluding carboxylic acids is 2. The van der Waals surface area contributed by atoms with Gasteiger partial charge in [0.15, 0.2) is 0 Å². The van der Waals surface area contributed by atoms with Gasteiger partial charge in [0.25, 0.3) is 5.91 Å². The monoisotopic (exact) mass is 342 g/mol.